The molecule has 31 heavy (non-hydrogen) atoms. The Hall–Kier alpha value is -2.42. The number of amides is 2. The second-order valence-electron chi connectivity index (χ2n) is 7.19. The molecule has 0 aliphatic carbocycles. The van der Waals surface area contributed by atoms with Crippen LogP contribution in [0.5, 0.6) is 0 Å². The van der Waals surface area contributed by atoms with E-state index in [4.69, 9.17) is 11.6 Å². The van der Waals surface area contributed by atoms with Crippen LogP contribution in [0.1, 0.15) is 25.8 Å². The topological polar surface area (TPSA) is 86.8 Å². The highest BCUT2D eigenvalue weighted by molar-refractivity contribution is 7.89. The maximum absolute atomic E-state index is 13.1. The maximum Gasteiger partial charge on any atom is 0.243 e. The first-order valence-corrected chi connectivity index (χ1v) is 11.8. The van der Waals surface area contributed by atoms with E-state index in [0.717, 1.165) is 16.3 Å². The van der Waals surface area contributed by atoms with Gasteiger partial charge in [-0.15, -0.1) is 0 Å². The third-order valence-electron chi connectivity index (χ3n) is 4.79. The molecule has 2 amide bonds. The molecule has 0 radical (unpaired) electrons. The fraction of sp³-hybridized carbons (Fsp3) is 0.364. The van der Waals surface area contributed by atoms with E-state index in [2.05, 4.69) is 5.32 Å². The van der Waals surface area contributed by atoms with Gasteiger partial charge in [-0.05, 0) is 43.2 Å². The van der Waals surface area contributed by atoms with Gasteiger partial charge in [0.05, 0.1) is 11.4 Å². The number of carbonyl (C=O) groups is 2. The summed E-state index contributed by atoms with van der Waals surface area (Å²) in [5, 5.41) is 3.21. The minimum Gasteiger partial charge on any atom is -0.354 e. The van der Waals surface area contributed by atoms with Gasteiger partial charge in [0.2, 0.25) is 21.8 Å². The average Bonchev–Trinajstić information content (AvgIpc) is 2.76. The summed E-state index contributed by atoms with van der Waals surface area (Å²) in [6.07, 6.45) is 0.771. The van der Waals surface area contributed by atoms with Crippen LogP contribution in [0.25, 0.3) is 0 Å². The van der Waals surface area contributed by atoms with Crippen molar-refractivity contribution < 1.29 is 18.0 Å². The molecule has 0 aliphatic heterocycles. The molecular formula is C22H28ClN3O4S. The second kappa shape index (κ2) is 11.3. The van der Waals surface area contributed by atoms with Crippen molar-refractivity contribution in [3.8, 4) is 0 Å². The summed E-state index contributed by atoms with van der Waals surface area (Å²) in [6, 6.07) is 14.2. The zero-order valence-corrected chi connectivity index (χ0v) is 19.5. The van der Waals surface area contributed by atoms with Crippen LogP contribution < -0.4 is 5.32 Å². The highest BCUT2D eigenvalue weighted by Gasteiger charge is 2.30. The molecule has 168 valence electrons. The van der Waals surface area contributed by atoms with Gasteiger partial charge in [0.25, 0.3) is 0 Å². The summed E-state index contributed by atoms with van der Waals surface area (Å²) >= 11 is 5.84. The molecular weight excluding hydrogens is 438 g/mol. The van der Waals surface area contributed by atoms with E-state index in [-0.39, 0.29) is 17.3 Å². The standard InChI is InChI=1S/C22H28ClN3O4S/c1-4-14-24-22(28)17(2)26(15-18-8-6-5-7-9-18)21(27)16-25(3)31(29,30)20-12-10-19(23)11-13-20/h5-13,17H,4,14-16H2,1-3H3,(H,24,28). The number of hydrogen-bond acceptors (Lipinski definition) is 4. The van der Waals surface area contributed by atoms with Gasteiger partial charge in [0, 0.05) is 25.2 Å². The van der Waals surface area contributed by atoms with Crippen molar-refractivity contribution in [1.82, 2.24) is 14.5 Å². The Morgan fingerprint density at radius 1 is 1.06 bits per heavy atom. The van der Waals surface area contributed by atoms with Crippen LogP contribution >= 0.6 is 11.6 Å². The van der Waals surface area contributed by atoms with Crippen LogP contribution in [0.4, 0.5) is 0 Å². The summed E-state index contributed by atoms with van der Waals surface area (Å²) in [6.45, 7) is 3.87. The quantitative estimate of drug-likeness (QED) is 0.584. The maximum atomic E-state index is 13.1. The third kappa shape index (κ3) is 6.78. The first kappa shape index (κ1) is 24.8. The van der Waals surface area contributed by atoms with Crippen molar-refractivity contribution in [2.45, 2.75) is 37.8 Å². The number of rotatable bonds is 10. The molecule has 2 rings (SSSR count). The number of halogens is 1. The van der Waals surface area contributed by atoms with Gasteiger partial charge in [0.1, 0.15) is 6.04 Å². The van der Waals surface area contributed by atoms with Crippen LogP contribution in [0, 0.1) is 0 Å². The molecule has 9 heteroatoms. The number of benzene rings is 2. The van der Waals surface area contributed by atoms with Crippen molar-refractivity contribution >= 4 is 33.4 Å². The van der Waals surface area contributed by atoms with E-state index in [1.54, 1.807) is 6.92 Å². The van der Waals surface area contributed by atoms with Crippen LogP contribution in [0.15, 0.2) is 59.5 Å². The Morgan fingerprint density at radius 2 is 1.68 bits per heavy atom. The summed E-state index contributed by atoms with van der Waals surface area (Å²) in [5.41, 5.74) is 0.842. The predicted molar refractivity (Wildman–Crippen MR) is 121 cm³/mol. The van der Waals surface area contributed by atoms with Gasteiger partial charge in [-0.3, -0.25) is 9.59 Å². The Kier molecular flexibility index (Phi) is 9.03. The lowest BCUT2D eigenvalue weighted by Crippen LogP contribution is -2.50. The summed E-state index contributed by atoms with van der Waals surface area (Å²) < 4.78 is 26.7. The lowest BCUT2D eigenvalue weighted by molar-refractivity contribution is -0.140. The molecule has 0 heterocycles. The highest BCUT2D eigenvalue weighted by atomic mass is 35.5. The van der Waals surface area contributed by atoms with E-state index in [1.807, 2.05) is 37.3 Å². The molecule has 7 nitrogen and oxygen atoms in total. The van der Waals surface area contributed by atoms with Gasteiger partial charge in [-0.25, -0.2) is 8.42 Å². The summed E-state index contributed by atoms with van der Waals surface area (Å²) in [4.78, 5) is 27.1. The van der Waals surface area contributed by atoms with Crippen molar-refractivity contribution in [3.05, 3.63) is 65.2 Å². The number of nitrogens with zero attached hydrogens (tertiary/aromatic N) is 2. The molecule has 1 atom stereocenters. The van der Waals surface area contributed by atoms with E-state index >= 15 is 0 Å². The normalized spacial score (nSPS) is 12.4. The number of carbonyl (C=O) groups excluding carboxylic acids is 2. The molecule has 2 aromatic carbocycles. The zero-order valence-electron chi connectivity index (χ0n) is 17.9. The fourth-order valence-electron chi connectivity index (χ4n) is 2.91. The van der Waals surface area contributed by atoms with Crippen LogP contribution in [0.3, 0.4) is 0 Å². The van der Waals surface area contributed by atoms with E-state index < -0.39 is 28.5 Å². The van der Waals surface area contributed by atoms with Crippen molar-refractivity contribution in [3.63, 3.8) is 0 Å². The Labute approximate surface area is 189 Å². The van der Waals surface area contributed by atoms with E-state index in [9.17, 15) is 18.0 Å². The van der Waals surface area contributed by atoms with Crippen molar-refractivity contribution in [1.29, 1.82) is 0 Å². The van der Waals surface area contributed by atoms with Crippen LogP contribution in [-0.4, -0.2) is 55.6 Å². The molecule has 0 aromatic heterocycles. The van der Waals surface area contributed by atoms with Gasteiger partial charge < -0.3 is 10.2 Å². The number of sulfonamides is 1. The zero-order chi connectivity index (χ0) is 23.0. The highest BCUT2D eigenvalue weighted by Crippen LogP contribution is 2.18. The molecule has 0 saturated heterocycles. The lowest BCUT2D eigenvalue weighted by Gasteiger charge is -2.30. The molecule has 0 bridgehead atoms. The van der Waals surface area contributed by atoms with E-state index in [0.29, 0.717) is 11.6 Å². The smallest absolute Gasteiger partial charge is 0.243 e. The molecule has 0 saturated carbocycles. The molecule has 2 aromatic rings. The monoisotopic (exact) mass is 465 g/mol. The summed E-state index contributed by atoms with van der Waals surface area (Å²) in [7, 11) is -2.55. The fourth-order valence-corrected chi connectivity index (χ4v) is 4.16. The Balaban J connectivity index is 2.22. The average molecular weight is 466 g/mol. The van der Waals surface area contributed by atoms with Crippen molar-refractivity contribution in [2.24, 2.45) is 0 Å². The molecule has 1 N–H and O–H groups in total. The van der Waals surface area contributed by atoms with Crippen LogP contribution in [0.2, 0.25) is 5.02 Å². The Morgan fingerprint density at radius 3 is 2.26 bits per heavy atom. The first-order chi connectivity index (χ1) is 14.7. The first-order valence-electron chi connectivity index (χ1n) is 9.99. The Bertz CT molecular complexity index is 982. The van der Waals surface area contributed by atoms with Crippen molar-refractivity contribution in [2.75, 3.05) is 20.1 Å². The molecule has 0 aliphatic rings. The minimum atomic E-state index is -3.89. The van der Waals surface area contributed by atoms with Gasteiger partial charge in [-0.2, -0.15) is 4.31 Å². The third-order valence-corrected chi connectivity index (χ3v) is 6.86. The summed E-state index contributed by atoms with van der Waals surface area (Å²) in [5.74, 6) is -0.752. The van der Waals surface area contributed by atoms with Crippen LogP contribution in [-0.2, 0) is 26.2 Å². The number of likely N-dealkylation sites (N-methyl/N-ethyl adjacent to an activating group) is 1. The SMILES string of the molecule is CCCNC(=O)C(C)N(Cc1ccccc1)C(=O)CN(C)S(=O)(=O)c1ccc(Cl)cc1. The van der Waals surface area contributed by atoms with Gasteiger partial charge in [0.15, 0.2) is 0 Å². The van der Waals surface area contributed by atoms with Gasteiger partial charge >= 0.3 is 0 Å². The van der Waals surface area contributed by atoms with E-state index in [1.165, 1.54) is 36.2 Å². The molecule has 1 unspecified atom stereocenters. The molecule has 0 fully saturated rings. The van der Waals surface area contributed by atoms with Gasteiger partial charge in [-0.1, -0.05) is 48.9 Å². The second-order valence-corrected chi connectivity index (χ2v) is 9.67. The predicted octanol–water partition coefficient (Wildman–Crippen LogP) is 2.90. The largest absolute Gasteiger partial charge is 0.354 e. The molecule has 0 spiro atoms. The number of nitrogens with one attached hydrogen (secondary N) is 1. The number of hydrogen-bond donors (Lipinski definition) is 1. The minimum absolute atomic E-state index is 0.0375. The lowest BCUT2D eigenvalue weighted by atomic mass is 10.1.